The maximum Gasteiger partial charge on any atom is 0.256 e. The lowest BCUT2D eigenvalue weighted by atomic mass is 10.1. The largest absolute Gasteiger partial charge is 0.497 e. The van der Waals surface area contributed by atoms with Crippen LogP contribution in [0.1, 0.15) is 27.4 Å². The first-order valence-electron chi connectivity index (χ1n) is 9.99. The Morgan fingerprint density at radius 2 is 1.69 bits per heavy atom. The van der Waals surface area contributed by atoms with Gasteiger partial charge in [0.2, 0.25) is 5.13 Å². The van der Waals surface area contributed by atoms with Crippen LogP contribution in [0.15, 0.2) is 42.5 Å². The number of hydrogen-bond acceptors (Lipinski definition) is 7. The van der Waals surface area contributed by atoms with Crippen LogP contribution in [0.2, 0.25) is 0 Å². The molecular weight excluding hydrogens is 424 g/mol. The van der Waals surface area contributed by atoms with E-state index < -0.39 is 0 Å². The van der Waals surface area contributed by atoms with E-state index in [1.807, 2.05) is 51.1 Å². The summed E-state index contributed by atoms with van der Waals surface area (Å²) in [5, 5.41) is 8.15. The van der Waals surface area contributed by atoms with E-state index in [1.165, 1.54) is 11.3 Å². The summed E-state index contributed by atoms with van der Waals surface area (Å²) in [5.41, 5.74) is 5.27. The maximum absolute atomic E-state index is 13.0. The number of nitrogens with zero attached hydrogens (tertiary/aromatic N) is 5. The van der Waals surface area contributed by atoms with Crippen LogP contribution in [0.25, 0.3) is 26.4 Å². The molecule has 0 aliphatic rings. The number of carbonyl (C=O) groups is 1. The second-order valence-electron chi connectivity index (χ2n) is 7.46. The van der Waals surface area contributed by atoms with Crippen LogP contribution in [0.5, 0.6) is 5.75 Å². The van der Waals surface area contributed by atoms with Gasteiger partial charge in [0, 0.05) is 11.6 Å². The number of anilines is 1. The quantitative estimate of drug-likeness (QED) is 0.435. The molecule has 160 valence electrons. The molecule has 0 fully saturated rings. The lowest BCUT2D eigenvalue weighted by Crippen LogP contribution is -2.15. The first-order valence-corrected chi connectivity index (χ1v) is 10.8. The first kappa shape index (κ1) is 20.1. The molecule has 3 aromatic heterocycles. The Bertz CT molecular complexity index is 1500. The minimum absolute atomic E-state index is 0.254. The van der Waals surface area contributed by atoms with Gasteiger partial charge in [0.1, 0.15) is 11.6 Å². The predicted molar refractivity (Wildman–Crippen MR) is 125 cm³/mol. The van der Waals surface area contributed by atoms with Gasteiger partial charge in [0.15, 0.2) is 0 Å². The van der Waals surface area contributed by atoms with Crippen molar-refractivity contribution in [2.24, 2.45) is 0 Å². The van der Waals surface area contributed by atoms with Gasteiger partial charge in [-0.3, -0.25) is 4.79 Å². The van der Waals surface area contributed by atoms with Crippen molar-refractivity contribution < 1.29 is 9.53 Å². The highest BCUT2D eigenvalue weighted by Crippen LogP contribution is 2.30. The van der Waals surface area contributed by atoms with Crippen LogP contribution in [0.3, 0.4) is 0 Å². The molecule has 5 rings (SSSR count). The molecule has 0 saturated heterocycles. The molecule has 32 heavy (non-hydrogen) atoms. The standard InChI is InChI=1S/C23H20N6O2S/c1-12-9-21(29(28-12)23-26-18-8-6-16(31-4)11-20(18)32-23)27-22(30)15-5-7-17-19(10-15)25-14(3)13(2)24-17/h5-11H,1-4H3,(H,27,30). The molecule has 0 radical (unpaired) electrons. The Morgan fingerprint density at radius 1 is 0.938 bits per heavy atom. The van der Waals surface area contributed by atoms with Crippen LogP contribution in [-0.2, 0) is 0 Å². The van der Waals surface area contributed by atoms with E-state index in [-0.39, 0.29) is 5.91 Å². The normalized spacial score (nSPS) is 11.2. The van der Waals surface area contributed by atoms with Gasteiger partial charge < -0.3 is 10.1 Å². The molecule has 1 amide bonds. The van der Waals surface area contributed by atoms with Gasteiger partial charge in [-0.15, -0.1) is 0 Å². The van der Waals surface area contributed by atoms with Crippen molar-refractivity contribution >= 4 is 44.3 Å². The van der Waals surface area contributed by atoms with Crippen LogP contribution in [0, 0.1) is 20.8 Å². The van der Waals surface area contributed by atoms with Crippen molar-refractivity contribution in [1.82, 2.24) is 24.7 Å². The van der Waals surface area contributed by atoms with Crippen molar-refractivity contribution in [3.05, 3.63) is 65.1 Å². The summed E-state index contributed by atoms with van der Waals surface area (Å²) < 4.78 is 7.93. The van der Waals surface area contributed by atoms with Crippen molar-refractivity contribution in [3.63, 3.8) is 0 Å². The Balaban J connectivity index is 1.48. The summed E-state index contributed by atoms with van der Waals surface area (Å²) in [5.74, 6) is 1.06. The Kier molecular flexibility index (Phi) is 4.82. The zero-order valence-electron chi connectivity index (χ0n) is 18.0. The van der Waals surface area contributed by atoms with E-state index >= 15 is 0 Å². The van der Waals surface area contributed by atoms with Crippen molar-refractivity contribution in [2.75, 3.05) is 12.4 Å². The summed E-state index contributed by atoms with van der Waals surface area (Å²) in [4.78, 5) is 26.8. The fourth-order valence-corrected chi connectivity index (χ4v) is 4.36. The average Bonchev–Trinajstić information content (AvgIpc) is 3.36. The van der Waals surface area contributed by atoms with Crippen LogP contribution in [0.4, 0.5) is 5.82 Å². The van der Waals surface area contributed by atoms with Crippen LogP contribution in [-0.4, -0.2) is 37.7 Å². The number of benzene rings is 2. The van der Waals surface area contributed by atoms with E-state index in [1.54, 1.807) is 23.9 Å². The maximum atomic E-state index is 13.0. The zero-order chi connectivity index (χ0) is 22.4. The predicted octanol–water partition coefficient (Wildman–Crippen LogP) is 4.61. The molecule has 0 aliphatic carbocycles. The number of carbonyl (C=O) groups excluding carboxylic acids is 1. The fourth-order valence-electron chi connectivity index (χ4n) is 3.41. The van der Waals surface area contributed by atoms with Gasteiger partial charge in [0.25, 0.3) is 5.91 Å². The van der Waals surface area contributed by atoms with Crippen LogP contribution < -0.4 is 10.1 Å². The van der Waals surface area contributed by atoms with Crippen molar-refractivity contribution in [3.8, 4) is 10.9 Å². The number of thiazole rings is 1. The molecule has 8 nitrogen and oxygen atoms in total. The summed E-state index contributed by atoms with van der Waals surface area (Å²) in [6, 6.07) is 12.8. The number of aryl methyl sites for hydroxylation is 3. The molecule has 5 aromatic rings. The average molecular weight is 445 g/mol. The molecule has 0 spiro atoms. The smallest absolute Gasteiger partial charge is 0.256 e. The van der Waals surface area contributed by atoms with Gasteiger partial charge in [-0.2, -0.15) is 9.78 Å². The second kappa shape index (κ2) is 7.69. The zero-order valence-corrected chi connectivity index (χ0v) is 18.8. The Labute approximate surface area is 187 Å². The Morgan fingerprint density at radius 3 is 2.47 bits per heavy atom. The summed E-state index contributed by atoms with van der Waals surface area (Å²) in [6.07, 6.45) is 0. The van der Waals surface area contributed by atoms with Gasteiger partial charge in [0.05, 0.1) is 45.4 Å². The highest BCUT2D eigenvalue weighted by atomic mass is 32.1. The number of nitrogens with one attached hydrogen (secondary N) is 1. The lowest BCUT2D eigenvalue weighted by molar-refractivity contribution is 0.102. The van der Waals surface area contributed by atoms with E-state index in [4.69, 9.17) is 4.74 Å². The third-order valence-electron chi connectivity index (χ3n) is 5.18. The van der Waals surface area contributed by atoms with E-state index in [9.17, 15) is 4.79 Å². The number of fused-ring (bicyclic) bond motifs is 2. The van der Waals surface area contributed by atoms with Crippen LogP contribution >= 0.6 is 11.3 Å². The van der Waals surface area contributed by atoms with Crippen molar-refractivity contribution in [2.45, 2.75) is 20.8 Å². The molecular formula is C23H20N6O2S. The molecule has 1 N–H and O–H groups in total. The molecule has 0 saturated carbocycles. The summed E-state index contributed by atoms with van der Waals surface area (Å²) in [6.45, 7) is 5.70. The lowest BCUT2D eigenvalue weighted by Gasteiger charge is -2.08. The fraction of sp³-hybridized carbons (Fsp3) is 0.174. The van der Waals surface area contributed by atoms with Gasteiger partial charge >= 0.3 is 0 Å². The first-order chi connectivity index (χ1) is 15.4. The molecule has 2 aromatic carbocycles. The molecule has 0 unspecified atom stereocenters. The minimum Gasteiger partial charge on any atom is -0.497 e. The monoisotopic (exact) mass is 444 g/mol. The number of amides is 1. The molecule has 9 heteroatoms. The minimum atomic E-state index is -0.254. The number of rotatable bonds is 4. The Hall–Kier alpha value is -3.85. The number of ether oxygens (including phenoxy) is 1. The highest BCUT2D eigenvalue weighted by molar-refractivity contribution is 7.20. The number of aromatic nitrogens is 5. The third kappa shape index (κ3) is 3.56. The van der Waals surface area contributed by atoms with E-state index in [0.717, 1.165) is 38.6 Å². The van der Waals surface area contributed by atoms with E-state index in [0.29, 0.717) is 22.0 Å². The summed E-state index contributed by atoms with van der Waals surface area (Å²) in [7, 11) is 1.63. The van der Waals surface area contributed by atoms with Gasteiger partial charge in [-0.05, 0) is 57.2 Å². The molecule has 0 aliphatic heterocycles. The molecule has 0 bridgehead atoms. The summed E-state index contributed by atoms with van der Waals surface area (Å²) >= 11 is 1.47. The van der Waals surface area contributed by atoms with Crippen molar-refractivity contribution in [1.29, 1.82) is 0 Å². The number of hydrogen-bond donors (Lipinski definition) is 1. The number of methoxy groups -OCH3 is 1. The topological polar surface area (TPSA) is 94.8 Å². The third-order valence-corrected chi connectivity index (χ3v) is 6.17. The SMILES string of the molecule is COc1ccc2nc(-n3nc(C)cc3NC(=O)c3ccc4nc(C)c(C)nc4c3)sc2c1. The van der Waals surface area contributed by atoms with Gasteiger partial charge in [-0.1, -0.05) is 11.3 Å². The highest BCUT2D eigenvalue weighted by Gasteiger charge is 2.16. The molecule has 0 atom stereocenters. The second-order valence-corrected chi connectivity index (χ2v) is 8.47. The molecule has 3 heterocycles. The van der Waals surface area contributed by atoms with Gasteiger partial charge in [-0.25, -0.2) is 15.0 Å². The van der Waals surface area contributed by atoms with E-state index in [2.05, 4.69) is 25.4 Å².